The largest absolute Gasteiger partial charge is 0.379 e. The Bertz CT molecular complexity index is 389. The first kappa shape index (κ1) is 11.4. The average Bonchev–Trinajstić information content (AvgIpc) is 2.81. The summed E-state index contributed by atoms with van der Waals surface area (Å²) in [7, 11) is 2.00. The van der Waals surface area contributed by atoms with Crippen LogP contribution in [0, 0.1) is 0 Å². The fourth-order valence-electron chi connectivity index (χ4n) is 1.91. The lowest BCUT2D eigenvalue weighted by Gasteiger charge is -2.26. The summed E-state index contributed by atoms with van der Waals surface area (Å²) < 4.78 is 5.34. The Kier molecular flexibility index (Phi) is 3.46. The lowest BCUT2D eigenvalue weighted by molar-refractivity contribution is 0.112. The van der Waals surface area contributed by atoms with E-state index in [0.29, 0.717) is 16.6 Å². The summed E-state index contributed by atoms with van der Waals surface area (Å²) in [6.07, 6.45) is 1.82. The highest BCUT2D eigenvalue weighted by Crippen LogP contribution is 2.28. The van der Waals surface area contributed by atoms with Gasteiger partial charge >= 0.3 is 0 Å². The molecule has 0 radical (unpaired) electrons. The van der Waals surface area contributed by atoms with Gasteiger partial charge in [0.1, 0.15) is 6.29 Å². The van der Waals surface area contributed by atoms with Crippen molar-refractivity contribution in [3.05, 3.63) is 28.8 Å². The predicted octanol–water partition coefficient (Wildman–Crippen LogP) is 2.38. The zero-order valence-electron chi connectivity index (χ0n) is 9.15. The smallest absolute Gasteiger partial charge is 0.150 e. The summed E-state index contributed by atoms with van der Waals surface area (Å²) in [5.41, 5.74) is 1.55. The Morgan fingerprint density at radius 2 is 2.38 bits per heavy atom. The van der Waals surface area contributed by atoms with Crippen LogP contribution in [0.25, 0.3) is 0 Å². The standard InChI is InChI=1S/C12H14ClNO2/c1-14(10-4-5-16-8-10)12-3-2-9(7-15)6-11(12)13/h2-3,6-7,10H,4-5,8H2,1H3. The van der Waals surface area contributed by atoms with Gasteiger partial charge in [-0.05, 0) is 24.6 Å². The van der Waals surface area contributed by atoms with Gasteiger partial charge in [-0.3, -0.25) is 4.79 Å². The SMILES string of the molecule is CN(c1ccc(C=O)cc1Cl)C1CCOC1. The van der Waals surface area contributed by atoms with Crippen LogP contribution in [-0.4, -0.2) is 32.6 Å². The predicted molar refractivity (Wildman–Crippen MR) is 64.5 cm³/mol. The molecule has 0 amide bonds. The molecule has 0 aromatic heterocycles. The number of carbonyl (C=O) groups is 1. The van der Waals surface area contributed by atoms with E-state index in [1.807, 2.05) is 13.1 Å². The lowest BCUT2D eigenvalue weighted by atomic mass is 10.1. The second kappa shape index (κ2) is 4.85. The van der Waals surface area contributed by atoms with Crippen LogP contribution >= 0.6 is 11.6 Å². The average molecular weight is 240 g/mol. The van der Waals surface area contributed by atoms with Gasteiger partial charge in [-0.1, -0.05) is 11.6 Å². The van der Waals surface area contributed by atoms with Crippen LogP contribution in [0.2, 0.25) is 5.02 Å². The first-order valence-corrected chi connectivity index (χ1v) is 5.65. The topological polar surface area (TPSA) is 29.5 Å². The minimum absolute atomic E-state index is 0.375. The van der Waals surface area contributed by atoms with Crippen LogP contribution in [0.3, 0.4) is 0 Å². The number of halogens is 1. The van der Waals surface area contributed by atoms with Gasteiger partial charge < -0.3 is 9.64 Å². The van der Waals surface area contributed by atoms with Crippen LogP contribution in [0.4, 0.5) is 5.69 Å². The number of anilines is 1. The van der Waals surface area contributed by atoms with E-state index in [1.54, 1.807) is 12.1 Å². The molecule has 1 aromatic rings. The third kappa shape index (κ3) is 2.20. The van der Waals surface area contributed by atoms with Gasteiger partial charge in [0.15, 0.2) is 0 Å². The highest BCUT2D eigenvalue weighted by Gasteiger charge is 2.21. The normalized spacial score (nSPS) is 19.8. The first-order chi connectivity index (χ1) is 7.72. The highest BCUT2D eigenvalue weighted by atomic mass is 35.5. The van der Waals surface area contributed by atoms with E-state index in [2.05, 4.69) is 4.90 Å². The molecule has 0 spiro atoms. The molecule has 0 N–H and O–H groups in total. The molecule has 1 aliphatic heterocycles. The molecule has 1 heterocycles. The van der Waals surface area contributed by atoms with Crippen LogP contribution in [0.1, 0.15) is 16.8 Å². The van der Waals surface area contributed by atoms with Gasteiger partial charge in [-0.25, -0.2) is 0 Å². The number of rotatable bonds is 3. The molecule has 3 nitrogen and oxygen atoms in total. The van der Waals surface area contributed by atoms with E-state index >= 15 is 0 Å². The molecule has 2 rings (SSSR count). The van der Waals surface area contributed by atoms with E-state index < -0.39 is 0 Å². The summed E-state index contributed by atoms with van der Waals surface area (Å²) in [5.74, 6) is 0. The summed E-state index contributed by atoms with van der Waals surface area (Å²) in [4.78, 5) is 12.7. The fraction of sp³-hybridized carbons (Fsp3) is 0.417. The monoisotopic (exact) mass is 239 g/mol. The van der Waals surface area contributed by atoms with Crippen molar-refractivity contribution >= 4 is 23.6 Å². The fourth-order valence-corrected chi connectivity index (χ4v) is 2.23. The molecule has 4 heteroatoms. The number of carbonyl (C=O) groups excluding carboxylic acids is 1. The van der Waals surface area contributed by atoms with Crippen molar-refractivity contribution in [3.63, 3.8) is 0 Å². The molecule has 1 atom stereocenters. The van der Waals surface area contributed by atoms with Crippen molar-refractivity contribution in [2.75, 3.05) is 25.2 Å². The van der Waals surface area contributed by atoms with E-state index in [-0.39, 0.29) is 0 Å². The van der Waals surface area contributed by atoms with Gasteiger partial charge in [0.05, 0.1) is 23.4 Å². The third-order valence-electron chi connectivity index (χ3n) is 2.94. The summed E-state index contributed by atoms with van der Waals surface area (Å²) in [6.45, 7) is 1.54. The van der Waals surface area contributed by atoms with Crippen molar-refractivity contribution in [1.82, 2.24) is 0 Å². The van der Waals surface area contributed by atoms with Crippen molar-refractivity contribution in [3.8, 4) is 0 Å². The van der Waals surface area contributed by atoms with E-state index in [1.165, 1.54) is 0 Å². The highest BCUT2D eigenvalue weighted by molar-refractivity contribution is 6.33. The van der Waals surface area contributed by atoms with Gasteiger partial charge in [0.25, 0.3) is 0 Å². The van der Waals surface area contributed by atoms with Gasteiger partial charge in [-0.2, -0.15) is 0 Å². The lowest BCUT2D eigenvalue weighted by Crippen LogP contribution is -2.31. The van der Waals surface area contributed by atoms with E-state index in [0.717, 1.165) is 31.6 Å². The van der Waals surface area contributed by atoms with Gasteiger partial charge in [0, 0.05) is 19.2 Å². The quantitative estimate of drug-likeness (QED) is 0.759. The minimum atomic E-state index is 0.375. The molecular formula is C12H14ClNO2. The number of ether oxygens (including phenoxy) is 1. The summed E-state index contributed by atoms with van der Waals surface area (Å²) in [6, 6.07) is 5.72. The van der Waals surface area contributed by atoms with Crippen molar-refractivity contribution in [2.45, 2.75) is 12.5 Å². The molecule has 86 valence electrons. The number of hydrogen-bond acceptors (Lipinski definition) is 3. The number of likely N-dealkylation sites (N-methyl/N-ethyl adjacent to an activating group) is 1. The molecule has 1 fully saturated rings. The minimum Gasteiger partial charge on any atom is -0.379 e. The first-order valence-electron chi connectivity index (χ1n) is 5.27. The maximum atomic E-state index is 10.6. The zero-order chi connectivity index (χ0) is 11.5. The van der Waals surface area contributed by atoms with Gasteiger partial charge in [0.2, 0.25) is 0 Å². The molecule has 0 saturated carbocycles. The molecule has 1 aromatic carbocycles. The van der Waals surface area contributed by atoms with Crippen molar-refractivity contribution < 1.29 is 9.53 Å². The Balaban J connectivity index is 2.22. The summed E-state index contributed by atoms with van der Waals surface area (Å²) >= 11 is 6.14. The number of hydrogen-bond donors (Lipinski definition) is 0. The maximum Gasteiger partial charge on any atom is 0.150 e. The Labute approximate surface area is 100.0 Å². The molecule has 16 heavy (non-hydrogen) atoms. The maximum absolute atomic E-state index is 10.6. The van der Waals surface area contributed by atoms with Crippen molar-refractivity contribution in [2.24, 2.45) is 0 Å². The molecule has 1 saturated heterocycles. The van der Waals surface area contributed by atoms with E-state index in [9.17, 15) is 4.79 Å². The van der Waals surface area contributed by atoms with Crippen LogP contribution < -0.4 is 4.90 Å². The molecule has 1 unspecified atom stereocenters. The molecule has 1 aliphatic rings. The Morgan fingerprint density at radius 3 is 2.94 bits per heavy atom. The Morgan fingerprint density at radius 1 is 1.56 bits per heavy atom. The number of benzene rings is 1. The molecule has 0 aliphatic carbocycles. The Hall–Kier alpha value is -1.06. The van der Waals surface area contributed by atoms with Crippen molar-refractivity contribution in [1.29, 1.82) is 0 Å². The van der Waals surface area contributed by atoms with Crippen LogP contribution in [0.5, 0.6) is 0 Å². The zero-order valence-corrected chi connectivity index (χ0v) is 9.91. The molecular weight excluding hydrogens is 226 g/mol. The molecule has 0 bridgehead atoms. The number of aldehydes is 1. The van der Waals surface area contributed by atoms with Crippen LogP contribution in [-0.2, 0) is 4.74 Å². The summed E-state index contributed by atoms with van der Waals surface area (Å²) in [5, 5.41) is 0.610. The third-order valence-corrected chi connectivity index (χ3v) is 3.24. The second-order valence-electron chi connectivity index (χ2n) is 3.96. The number of nitrogens with zero attached hydrogens (tertiary/aromatic N) is 1. The van der Waals surface area contributed by atoms with Crippen LogP contribution in [0.15, 0.2) is 18.2 Å². The van der Waals surface area contributed by atoms with E-state index in [4.69, 9.17) is 16.3 Å². The second-order valence-corrected chi connectivity index (χ2v) is 4.36. The van der Waals surface area contributed by atoms with Gasteiger partial charge in [-0.15, -0.1) is 0 Å².